The number of rotatable bonds is 2. The standard InChI is InChI=1S/C5H5F2N3OS/c1-2-8-5(12-10-2)9-4(11)3(6)7/h3H,1H3,(H,8,9,10,11). The molecule has 0 aliphatic heterocycles. The van der Waals surface area contributed by atoms with Gasteiger partial charge in [-0.15, -0.1) is 0 Å². The molecule has 0 fully saturated rings. The van der Waals surface area contributed by atoms with E-state index in [1.807, 2.05) is 5.32 Å². The smallest absolute Gasteiger partial charge is 0.296 e. The molecule has 0 atom stereocenters. The third-order valence-electron chi connectivity index (χ3n) is 0.956. The van der Waals surface area contributed by atoms with Gasteiger partial charge in [0.1, 0.15) is 5.82 Å². The van der Waals surface area contributed by atoms with Crippen molar-refractivity contribution in [3.05, 3.63) is 5.82 Å². The fraction of sp³-hybridized carbons (Fsp3) is 0.400. The highest BCUT2D eigenvalue weighted by atomic mass is 32.1. The van der Waals surface area contributed by atoms with E-state index in [9.17, 15) is 13.6 Å². The highest BCUT2D eigenvalue weighted by molar-refractivity contribution is 7.09. The van der Waals surface area contributed by atoms with Crippen molar-refractivity contribution in [2.75, 3.05) is 5.32 Å². The van der Waals surface area contributed by atoms with Gasteiger partial charge in [-0.2, -0.15) is 13.2 Å². The van der Waals surface area contributed by atoms with E-state index >= 15 is 0 Å². The number of alkyl halides is 2. The van der Waals surface area contributed by atoms with Crippen LogP contribution in [0.5, 0.6) is 0 Å². The van der Waals surface area contributed by atoms with Crippen molar-refractivity contribution in [1.29, 1.82) is 0 Å². The molecule has 1 rings (SSSR count). The van der Waals surface area contributed by atoms with Crippen LogP contribution >= 0.6 is 11.5 Å². The van der Waals surface area contributed by atoms with Gasteiger partial charge in [-0.05, 0) is 6.92 Å². The molecule has 0 aliphatic rings. The molecule has 7 heteroatoms. The maximum atomic E-state index is 11.7. The van der Waals surface area contributed by atoms with Crippen molar-refractivity contribution in [3.63, 3.8) is 0 Å². The van der Waals surface area contributed by atoms with Crippen LogP contribution in [0, 0.1) is 6.92 Å². The first-order chi connectivity index (χ1) is 5.59. The minimum atomic E-state index is -3.02. The molecule has 0 radical (unpaired) electrons. The Morgan fingerprint density at radius 2 is 2.33 bits per heavy atom. The number of amides is 1. The average Bonchev–Trinajstić information content (AvgIpc) is 2.35. The summed E-state index contributed by atoms with van der Waals surface area (Å²) < 4.78 is 27.0. The van der Waals surface area contributed by atoms with Crippen LogP contribution in [-0.2, 0) is 4.79 Å². The second kappa shape index (κ2) is 3.53. The van der Waals surface area contributed by atoms with Crippen molar-refractivity contribution in [2.24, 2.45) is 0 Å². The van der Waals surface area contributed by atoms with E-state index in [0.717, 1.165) is 11.5 Å². The number of anilines is 1. The molecule has 4 nitrogen and oxygen atoms in total. The van der Waals surface area contributed by atoms with Gasteiger partial charge in [-0.3, -0.25) is 10.1 Å². The van der Waals surface area contributed by atoms with E-state index in [4.69, 9.17) is 0 Å². The summed E-state index contributed by atoms with van der Waals surface area (Å²) in [5.74, 6) is -0.907. The van der Waals surface area contributed by atoms with E-state index in [2.05, 4.69) is 9.36 Å². The van der Waals surface area contributed by atoms with Crippen molar-refractivity contribution >= 4 is 22.6 Å². The van der Waals surface area contributed by atoms with Gasteiger partial charge in [0, 0.05) is 11.5 Å². The molecule has 1 heterocycles. The lowest BCUT2D eigenvalue weighted by Gasteiger charge is -1.96. The predicted octanol–water partition coefficient (Wildman–Crippen LogP) is 1.05. The molecule has 0 saturated heterocycles. The van der Waals surface area contributed by atoms with Gasteiger partial charge >= 0.3 is 6.43 Å². The number of hydrogen-bond donors (Lipinski definition) is 1. The van der Waals surface area contributed by atoms with E-state index in [1.54, 1.807) is 6.92 Å². The van der Waals surface area contributed by atoms with Crippen LogP contribution in [-0.4, -0.2) is 21.7 Å². The first-order valence-electron chi connectivity index (χ1n) is 2.99. The second-order valence-corrected chi connectivity index (χ2v) is 2.69. The minimum absolute atomic E-state index is 0.0952. The third kappa shape index (κ3) is 2.19. The summed E-state index contributed by atoms with van der Waals surface area (Å²) in [6, 6.07) is 0. The zero-order valence-corrected chi connectivity index (χ0v) is 6.86. The van der Waals surface area contributed by atoms with Crippen molar-refractivity contribution in [2.45, 2.75) is 13.3 Å². The number of aromatic nitrogens is 2. The SMILES string of the molecule is Cc1nsc(NC(=O)C(F)F)n1. The number of carbonyl (C=O) groups is 1. The molecule has 0 aromatic carbocycles. The molecule has 1 aromatic heterocycles. The lowest BCUT2D eigenvalue weighted by molar-refractivity contribution is -0.126. The van der Waals surface area contributed by atoms with Gasteiger partial charge in [-0.1, -0.05) is 0 Å². The monoisotopic (exact) mass is 193 g/mol. The maximum absolute atomic E-state index is 11.7. The summed E-state index contributed by atoms with van der Waals surface area (Å²) in [6.45, 7) is 1.61. The predicted molar refractivity (Wildman–Crippen MR) is 39.3 cm³/mol. The van der Waals surface area contributed by atoms with Crippen LogP contribution < -0.4 is 5.32 Å². The van der Waals surface area contributed by atoms with Crippen molar-refractivity contribution < 1.29 is 13.6 Å². The lowest BCUT2D eigenvalue weighted by Crippen LogP contribution is -2.19. The highest BCUT2D eigenvalue weighted by Gasteiger charge is 2.16. The van der Waals surface area contributed by atoms with E-state index in [0.29, 0.717) is 5.82 Å². The summed E-state index contributed by atoms with van der Waals surface area (Å²) in [4.78, 5) is 14.1. The summed E-state index contributed by atoms with van der Waals surface area (Å²) in [6.07, 6.45) is -3.02. The minimum Gasteiger partial charge on any atom is -0.296 e. The molecule has 0 spiro atoms. The van der Waals surface area contributed by atoms with Crippen molar-refractivity contribution in [3.8, 4) is 0 Å². The zero-order valence-electron chi connectivity index (χ0n) is 6.04. The van der Waals surface area contributed by atoms with Crippen LogP contribution in [0.25, 0.3) is 0 Å². The molecule has 1 amide bonds. The summed E-state index contributed by atoms with van der Waals surface area (Å²) in [5.41, 5.74) is 0. The Kier molecular flexibility index (Phi) is 2.64. The molecule has 0 unspecified atom stereocenters. The molecular weight excluding hydrogens is 188 g/mol. The number of halogens is 2. The molecule has 66 valence electrons. The summed E-state index contributed by atoms with van der Waals surface area (Å²) in [5, 5.41) is 2.01. The van der Waals surface area contributed by atoms with Gasteiger partial charge in [0.05, 0.1) is 0 Å². The summed E-state index contributed by atoms with van der Waals surface area (Å²) in [7, 11) is 0. The highest BCUT2D eigenvalue weighted by Crippen LogP contribution is 2.10. The molecule has 0 bridgehead atoms. The molecule has 0 aliphatic carbocycles. The van der Waals surface area contributed by atoms with Crippen LogP contribution in [0.15, 0.2) is 0 Å². The van der Waals surface area contributed by atoms with Gasteiger partial charge < -0.3 is 0 Å². The van der Waals surface area contributed by atoms with Crippen LogP contribution in [0.3, 0.4) is 0 Å². The number of nitrogens with zero attached hydrogens (tertiary/aromatic N) is 2. The Morgan fingerprint density at radius 3 is 2.75 bits per heavy atom. The second-order valence-electron chi connectivity index (χ2n) is 1.94. The Balaban J connectivity index is 2.58. The van der Waals surface area contributed by atoms with Crippen LogP contribution in [0.4, 0.5) is 13.9 Å². The Morgan fingerprint density at radius 1 is 1.67 bits per heavy atom. The average molecular weight is 193 g/mol. The van der Waals surface area contributed by atoms with Crippen LogP contribution in [0.1, 0.15) is 5.82 Å². The van der Waals surface area contributed by atoms with E-state index in [1.165, 1.54) is 0 Å². The van der Waals surface area contributed by atoms with Gasteiger partial charge in [0.2, 0.25) is 5.13 Å². The maximum Gasteiger partial charge on any atom is 0.315 e. The number of hydrogen-bond acceptors (Lipinski definition) is 4. The van der Waals surface area contributed by atoms with Crippen molar-refractivity contribution in [1.82, 2.24) is 9.36 Å². The number of nitrogens with one attached hydrogen (secondary N) is 1. The first kappa shape index (κ1) is 8.98. The first-order valence-corrected chi connectivity index (χ1v) is 3.76. The fourth-order valence-electron chi connectivity index (χ4n) is 0.508. The van der Waals surface area contributed by atoms with Gasteiger partial charge in [0.25, 0.3) is 5.91 Å². The molecular formula is C5H5F2N3OS. The Labute approximate surface area is 70.8 Å². The quantitative estimate of drug-likeness (QED) is 0.763. The Bertz CT molecular complexity index is 288. The largest absolute Gasteiger partial charge is 0.315 e. The molecule has 0 saturated carbocycles. The molecule has 1 aromatic rings. The van der Waals surface area contributed by atoms with Crippen LogP contribution in [0.2, 0.25) is 0 Å². The van der Waals surface area contributed by atoms with Gasteiger partial charge in [-0.25, -0.2) is 4.98 Å². The zero-order chi connectivity index (χ0) is 9.14. The number of aryl methyl sites for hydroxylation is 1. The van der Waals surface area contributed by atoms with E-state index in [-0.39, 0.29) is 5.13 Å². The topological polar surface area (TPSA) is 54.9 Å². The molecule has 12 heavy (non-hydrogen) atoms. The van der Waals surface area contributed by atoms with Gasteiger partial charge in [0.15, 0.2) is 0 Å². The Hall–Kier alpha value is -1.11. The lowest BCUT2D eigenvalue weighted by atomic mass is 10.6. The molecule has 1 N–H and O–H groups in total. The fourth-order valence-corrected chi connectivity index (χ4v) is 1.09. The number of carbonyl (C=O) groups excluding carboxylic acids is 1. The van der Waals surface area contributed by atoms with E-state index < -0.39 is 12.3 Å². The summed E-state index contributed by atoms with van der Waals surface area (Å²) >= 11 is 0.869. The third-order valence-corrected chi connectivity index (χ3v) is 1.68. The normalized spacial score (nSPS) is 10.3.